The number of thioether (sulfide) groups is 1. The molecule has 0 bridgehead atoms. The molecule has 1 aliphatic heterocycles. The van der Waals surface area contributed by atoms with Crippen molar-refractivity contribution in [1.82, 2.24) is 19.7 Å². The second-order valence-corrected chi connectivity index (χ2v) is 15.0. The normalized spacial score (nSPS) is 13.2. The summed E-state index contributed by atoms with van der Waals surface area (Å²) in [5.41, 5.74) is 8.01. The van der Waals surface area contributed by atoms with Crippen LogP contribution in [0.2, 0.25) is 0 Å². The topological polar surface area (TPSA) is 172 Å². The maximum atomic E-state index is 14.9. The molecular weight excluding hydrogens is 778 g/mol. The zero-order chi connectivity index (χ0) is 42.5. The molecule has 0 spiro atoms. The van der Waals surface area contributed by atoms with Crippen LogP contribution in [0.3, 0.4) is 0 Å². The molecule has 0 saturated heterocycles. The van der Waals surface area contributed by atoms with Crippen molar-refractivity contribution in [3.8, 4) is 11.1 Å². The number of Topliss-reactive ketones (excluding diaryl/α,β-unsaturated/α-hetero) is 1. The number of carbonyl (C=O) groups excluding carboxylic acids is 5. The molecule has 0 aliphatic carbocycles. The van der Waals surface area contributed by atoms with Gasteiger partial charge in [0.25, 0.3) is 11.8 Å². The summed E-state index contributed by atoms with van der Waals surface area (Å²) in [5, 5.41) is 9.87. The number of carbonyl (C=O) groups is 6. The molecule has 4 N–H and O–H groups in total. The van der Waals surface area contributed by atoms with Gasteiger partial charge >= 0.3 is 12.1 Å². The summed E-state index contributed by atoms with van der Waals surface area (Å²) in [6.07, 6.45) is -0.441. The highest BCUT2D eigenvalue weighted by Crippen LogP contribution is 2.41. The van der Waals surface area contributed by atoms with E-state index in [0.29, 0.717) is 24.3 Å². The minimum absolute atomic E-state index is 0.0686. The van der Waals surface area contributed by atoms with Crippen LogP contribution in [-0.2, 0) is 35.3 Å². The van der Waals surface area contributed by atoms with E-state index in [4.69, 9.17) is 15.6 Å². The largest absolute Gasteiger partial charge is 0.490 e. The number of carboxylic acids is 1. The smallest absolute Gasteiger partial charge is 0.475 e. The maximum absolute atomic E-state index is 14.9. The molecule has 57 heavy (non-hydrogen) atoms. The van der Waals surface area contributed by atoms with E-state index in [1.165, 1.54) is 11.8 Å². The predicted molar refractivity (Wildman–Crippen MR) is 202 cm³/mol. The minimum Gasteiger partial charge on any atom is -0.475 e. The van der Waals surface area contributed by atoms with Gasteiger partial charge in [-0.25, -0.2) is 13.6 Å². The standard InChI is InChI=1S/C37H43F2N5O5S.C2HF3O2/c1-37(2,3)36(31-18-26(29-19-27(38)11-12-30(29)39)21-42(31)20-25-8-5-4-6-9-25)44(24-40)35(49)23-50-17-15-32(46)41-16-7-10-28(45)22-43-33(47)13-14-34(43)48;3-2(4,5)1(6)7/h4-6,8-9,11-14,18-19,21,36H,7,10,15-17,20,22-24,40H2,1-3H3,(H,41,46);(H,6,7)/t36-;/m0./s1. The molecule has 0 unspecified atom stereocenters. The Labute approximate surface area is 330 Å². The number of alkyl halides is 3. The van der Waals surface area contributed by atoms with Crippen molar-refractivity contribution >= 4 is 47.1 Å². The average molecular weight is 822 g/mol. The first kappa shape index (κ1) is 46.0. The van der Waals surface area contributed by atoms with Gasteiger partial charge in [0.05, 0.1) is 25.0 Å². The van der Waals surface area contributed by atoms with Crippen LogP contribution in [0.5, 0.6) is 0 Å². The lowest BCUT2D eigenvalue weighted by Crippen LogP contribution is -2.45. The van der Waals surface area contributed by atoms with Gasteiger partial charge in [-0.3, -0.25) is 28.9 Å². The Hall–Kier alpha value is -5.36. The molecule has 2 heterocycles. The molecule has 0 saturated carbocycles. The molecule has 18 heteroatoms. The summed E-state index contributed by atoms with van der Waals surface area (Å²) in [5.74, 6) is -5.20. The van der Waals surface area contributed by atoms with Crippen LogP contribution < -0.4 is 11.1 Å². The Bertz CT molecular complexity index is 1930. The first-order chi connectivity index (χ1) is 26.7. The van der Waals surface area contributed by atoms with Crippen LogP contribution in [0.25, 0.3) is 11.1 Å². The van der Waals surface area contributed by atoms with Gasteiger partial charge < -0.3 is 25.6 Å². The van der Waals surface area contributed by atoms with Crippen molar-refractivity contribution in [2.24, 2.45) is 11.1 Å². The zero-order valence-corrected chi connectivity index (χ0v) is 32.3. The summed E-state index contributed by atoms with van der Waals surface area (Å²) in [6, 6.07) is 14.3. The number of amides is 4. The number of ketones is 1. The molecular formula is C39H44F5N5O7S. The highest BCUT2D eigenvalue weighted by Gasteiger charge is 2.38. The van der Waals surface area contributed by atoms with E-state index in [1.807, 2.05) is 55.7 Å². The predicted octanol–water partition coefficient (Wildman–Crippen LogP) is 5.46. The van der Waals surface area contributed by atoms with Gasteiger partial charge in [0.2, 0.25) is 11.8 Å². The van der Waals surface area contributed by atoms with Gasteiger partial charge in [-0.2, -0.15) is 24.9 Å². The number of halogens is 5. The molecule has 2 aromatic carbocycles. The number of benzene rings is 2. The van der Waals surface area contributed by atoms with E-state index < -0.39 is 47.1 Å². The van der Waals surface area contributed by atoms with Crippen molar-refractivity contribution in [2.75, 3.05) is 31.3 Å². The molecule has 1 aliphatic rings. The van der Waals surface area contributed by atoms with E-state index in [1.54, 1.807) is 17.2 Å². The first-order valence-corrected chi connectivity index (χ1v) is 18.8. The van der Waals surface area contributed by atoms with Gasteiger partial charge in [0.1, 0.15) is 11.6 Å². The number of hydrogen-bond acceptors (Lipinski definition) is 8. The van der Waals surface area contributed by atoms with Gasteiger partial charge in [-0.15, -0.1) is 0 Å². The molecule has 308 valence electrons. The molecule has 1 atom stereocenters. The Morgan fingerprint density at radius 1 is 0.947 bits per heavy atom. The molecule has 1 aromatic heterocycles. The number of carboxylic acid groups (broad SMARTS) is 1. The van der Waals surface area contributed by atoms with Crippen LogP contribution in [0.4, 0.5) is 22.0 Å². The fraction of sp³-hybridized carbons (Fsp3) is 0.385. The van der Waals surface area contributed by atoms with Crippen molar-refractivity contribution in [2.45, 2.75) is 58.8 Å². The number of imide groups is 1. The third-order valence-corrected chi connectivity index (χ3v) is 9.37. The van der Waals surface area contributed by atoms with Crippen molar-refractivity contribution in [3.05, 3.63) is 95.8 Å². The second kappa shape index (κ2) is 20.7. The average Bonchev–Trinajstić information content (AvgIpc) is 3.68. The lowest BCUT2D eigenvalue weighted by atomic mass is 9.83. The van der Waals surface area contributed by atoms with Crippen LogP contribution >= 0.6 is 11.8 Å². The SMILES string of the molecule is CC(C)(C)[C@H](c1cc(-c2cc(F)ccc2F)cn1Cc1ccccc1)N(CN)C(=O)CSCCC(=O)NCCCC(=O)CN1C(=O)C=CC1=O.O=C(O)C(F)(F)F. The fourth-order valence-electron chi connectivity index (χ4n) is 5.81. The van der Waals surface area contributed by atoms with Gasteiger partial charge in [-0.05, 0) is 41.7 Å². The molecule has 12 nitrogen and oxygen atoms in total. The molecule has 3 aromatic rings. The third-order valence-electron chi connectivity index (χ3n) is 8.43. The molecule has 0 fully saturated rings. The summed E-state index contributed by atoms with van der Waals surface area (Å²) in [6.45, 7) is 6.28. The van der Waals surface area contributed by atoms with Gasteiger partial charge in [-0.1, -0.05) is 51.1 Å². The number of rotatable bonds is 17. The minimum atomic E-state index is -5.08. The van der Waals surface area contributed by atoms with Gasteiger partial charge in [0.15, 0.2) is 5.78 Å². The fourth-order valence-corrected chi connectivity index (χ4v) is 6.63. The molecule has 4 rings (SSSR count). The zero-order valence-electron chi connectivity index (χ0n) is 31.5. The highest BCUT2D eigenvalue weighted by molar-refractivity contribution is 7.99. The van der Waals surface area contributed by atoms with E-state index in [9.17, 15) is 45.9 Å². The number of nitrogens with zero attached hydrogens (tertiary/aromatic N) is 3. The van der Waals surface area contributed by atoms with Crippen molar-refractivity contribution in [3.63, 3.8) is 0 Å². The van der Waals surface area contributed by atoms with E-state index in [-0.39, 0.29) is 61.5 Å². The number of aliphatic carboxylic acids is 1. The first-order valence-electron chi connectivity index (χ1n) is 17.6. The Kier molecular flexibility index (Phi) is 16.7. The summed E-state index contributed by atoms with van der Waals surface area (Å²) >= 11 is 1.30. The summed E-state index contributed by atoms with van der Waals surface area (Å²) < 4.78 is 62.8. The Balaban J connectivity index is 0.00000113. The van der Waals surface area contributed by atoms with E-state index in [2.05, 4.69) is 5.32 Å². The maximum Gasteiger partial charge on any atom is 0.490 e. The van der Waals surface area contributed by atoms with Crippen LogP contribution in [0, 0.1) is 17.0 Å². The van der Waals surface area contributed by atoms with Crippen molar-refractivity contribution in [1.29, 1.82) is 0 Å². The Morgan fingerprint density at radius 3 is 2.16 bits per heavy atom. The summed E-state index contributed by atoms with van der Waals surface area (Å²) in [7, 11) is 0. The lowest BCUT2D eigenvalue weighted by Gasteiger charge is -2.40. The molecule has 0 radical (unpaired) electrons. The van der Waals surface area contributed by atoms with Crippen molar-refractivity contribution < 1.29 is 55.8 Å². The van der Waals surface area contributed by atoms with E-state index in [0.717, 1.165) is 46.5 Å². The quantitative estimate of drug-likeness (QED) is 0.0692. The third kappa shape index (κ3) is 14.0. The number of aromatic nitrogens is 1. The van der Waals surface area contributed by atoms with Crippen LogP contribution in [0.15, 0.2) is 72.9 Å². The Morgan fingerprint density at radius 2 is 1.58 bits per heavy atom. The number of nitrogens with two attached hydrogens (primary N) is 1. The summed E-state index contributed by atoms with van der Waals surface area (Å²) in [4.78, 5) is 72.8. The van der Waals surface area contributed by atoms with Crippen LogP contribution in [-0.4, -0.2) is 92.3 Å². The van der Waals surface area contributed by atoms with Crippen LogP contribution in [0.1, 0.15) is 57.3 Å². The second-order valence-electron chi connectivity index (χ2n) is 13.9. The highest BCUT2D eigenvalue weighted by atomic mass is 32.2. The number of hydrogen-bond donors (Lipinski definition) is 3. The monoisotopic (exact) mass is 821 g/mol. The van der Waals surface area contributed by atoms with Gasteiger partial charge in [0, 0.05) is 66.9 Å². The number of nitrogens with one attached hydrogen (secondary N) is 1. The molecule has 4 amide bonds. The lowest BCUT2D eigenvalue weighted by molar-refractivity contribution is -0.192. The van der Waals surface area contributed by atoms with E-state index >= 15 is 0 Å².